The van der Waals surface area contributed by atoms with E-state index in [2.05, 4.69) is 27.2 Å². The molecule has 2 atom stereocenters. The average Bonchev–Trinajstić information content (AvgIpc) is 2.90. The van der Waals surface area contributed by atoms with Gasteiger partial charge in [0.1, 0.15) is 5.75 Å². The number of halogens is 1. The van der Waals surface area contributed by atoms with Crippen LogP contribution in [0.4, 0.5) is 17.3 Å². The van der Waals surface area contributed by atoms with Crippen molar-refractivity contribution < 1.29 is 8.95 Å². The summed E-state index contributed by atoms with van der Waals surface area (Å²) >= 11 is 6.42. The lowest BCUT2D eigenvalue weighted by Gasteiger charge is -2.17. The number of para-hydroxylation sites is 2. The number of methoxy groups -OCH3 is 1. The number of ether oxygens (including phenoxy) is 1. The van der Waals surface area contributed by atoms with Crippen LogP contribution in [0.3, 0.4) is 0 Å². The van der Waals surface area contributed by atoms with Gasteiger partial charge < -0.3 is 20.3 Å². The average molecular weight is 539 g/mol. The summed E-state index contributed by atoms with van der Waals surface area (Å²) in [6.45, 7) is 3.89. The second-order valence-electron chi connectivity index (χ2n) is 8.80. The molecule has 0 aliphatic carbocycles. The molecule has 1 aromatic heterocycles. The third-order valence-electron chi connectivity index (χ3n) is 5.77. The molecule has 0 amide bonds. The highest BCUT2D eigenvalue weighted by Gasteiger charge is 2.16. The lowest BCUT2D eigenvalue weighted by atomic mass is 10.1. The maximum Gasteiger partial charge on any atom is 0.182 e. The smallest absolute Gasteiger partial charge is 0.182 e. The van der Waals surface area contributed by atoms with E-state index in [1.165, 1.54) is 0 Å². The lowest BCUT2D eigenvalue weighted by Crippen LogP contribution is -2.28. The van der Waals surface area contributed by atoms with E-state index < -0.39 is 11.0 Å². The minimum Gasteiger partial charge on any atom is -0.497 e. The van der Waals surface area contributed by atoms with Crippen LogP contribution in [-0.4, -0.2) is 53.4 Å². The van der Waals surface area contributed by atoms with Crippen molar-refractivity contribution >= 4 is 50.9 Å². The highest BCUT2D eigenvalue weighted by atomic mass is 35.5. The number of nitrogens with zero attached hydrogens (tertiary/aromatic N) is 3. The Hall–Kier alpha value is -3.24. The van der Waals surface area contributed by atoms with Gasteiger partial charge in [0.2, 0.25) is 0 Å². The zero-order valence-electron chi connectivity index (χ0n) is 21.3. The van der Waals surface area contributed by atoms with Crippen LogP contribution in [0.15, 0.2) is 71.6 Å². The van der Waals surface area contributed by atoms with Gasteiger partial charge in [0.25, 0.3) is 0 Å². The molecule has 0 bridgehead atoms. The normalized spacial score (nSPS) is 12.9. The second kappa shape index (κ2) is 12.3. The summed E-state index contributed by atoms with van der Waals surface area (Å²) in [7, 11) is 4.09. The Bertz CT molecular complexity index is 1400. The van der Waals surface area contributed by atoms with Crippen LogP contribution in [0, 0.1) is 0 Å². The van der Waals surface area contributed by atoms with E-state index in [9.17, 15) is 4.21 Å². The first-order chi connectivity index (χ1) is 17.8. The van der Waals surface area contributed by atoms with Crippen molar-refractivity contribution in [2.45, 2.75) is 17.9 Å². The maximum absolute atomic E-state index is 13.4. The summed E-state index contributed by atoms with van der Waals surface area (Å²) in [6.07, 6.45) is 0. The van der Waals surface area contributed by atoms with Crippen molar-refractivity contribution in [3.8, 4) is 5.75 Å². The summed E-state index contributed by atoms with van der Waals surface area (Å²) in [6, 6.07) is 20.6. The molecule has 37 heavy (non-hydrogen) atoms. The maximum atomic E-state index is 13.4. The van der Waals surface area contributed by atoms with Crippen LogP contribution < -0.4 is 20.1 Å². The Morgan fingerprint density at radius 1 is 1.00 bits per heavy atom. The minimum atomic E-state index is -1.58. The third kappa shape index (κ3) is 6.95. The predicted molar refractivity (Wildman–Crippen MR) is 152 cm³/mol. The number of hydrogen-bond acceptors (Lipinski definition) is 7. The molecule has 0 spiro atoms. The molecule has 3 N–H and O–H groups in total. The third-order valence-corrected chi connectivity index (χ3v) is 7.16. The van der Waals surface area contributed by atoms with Gasteiger partial charge in [0.15, 0.2) is 22.6 Å². The number of benzene rings is 3. The lowest BCUT2D eigenvalue weighted by molar-refractivity contribution is 0.389. The monoisotopic (exact) mass is 538 g/mol. The van der Waals surface area contributed by atoms with Crippen LogP contribution in [-0.2, 0) is 11.0 Å². The van der Waals surface area contributed by atoms with Crippen molar-refractivity contribution in [1.82, 2.24) is 20.2 Å². The van der Waals surface area contributed by atoms with Gasteiger partial charge in [0.05, 0.1) is 33.7 Å². The summed E-state index contributed by atoms with van der Waals surface area (Å²) < 4.78 is 21.8. The van der Waals surface area contributed by atoms with Crippen molar-refractivity contribution in [1.29, 1.82) is 0 Å². The molecule has 0 aliphatic heterocycles. The minimum absolute atomic E-state index is 0.116. The fraction of sp³-hybridized carbons (Fsp3) is 0.259. The predicted octanol–water partition coefficient (Wildman–Crippen LogP) is 5.38. The van der Waals surface area contributed by atoms with Crippen LogP contribution >= 0.6 is 11.6 Å². The van der Waals surface area contributed by atoms with E-state index in [-0.39, 0.29) is 6.04 Å². The van der Waals surface area contributed by atoms with E-state index in [4.69, 9.17) is 26.3 Å². The van der Waals surface area contributed by atoms with Gasteiger partial charge >= 0.3 is 0 Å². The standard InChI is InChI=1S/C27H31ClN6O2S/c1-18(29-14-15-34(2)3)19-8-7-9-21(16-19)37(35)33-27-26(30-23-10-5-6-11-24(23)31-27)32-25-17-20(36-4)12-13-22(25)28/h5-13,16-18,29H,14-15H2,1-4H3,(H,30,32)(H,31,33). The number of hydrogen-bond donors (Lipinski definition) is 3. The Balaban J connectivity index is 1.61. The first-order valence-electron chi connectivity index (χ1n) is 11.9. The summed E-state index contributed by atoms with van der Waals surface area (Å²) in [5, 5.41) is 7.22. The van der Waals surface area contributed by atoms with E-state index >= 15 is 0 Å². The van der Waals surface area contributed by atoms with E-state index in [0.29, 0.717) is 44.0 Å². The Kier molecular flexibility index (Phi) is 8.94. The molecular weight excluding hydrogens is 508 g/mol. The van der Waals surface area contributed by atoms with Crippen molar-refractivity contribution in [2.24, 2.45) is 0 Å². The van der Waals surface area contributed by atoms with Gasteiger partial charge in [-0.3, -0.25) is 4.72 Å². The van der Waals surface area contributed by atoms with Gasteiger partial charge in [-0.25, -0.2) is 14.2 Å². The molecule has 3 aromatic carbocycles. The van der Waals surface area contributed by atoms with Gasteiger partial charge in [-0.2, -0.15) is 0 Å². The summed E-state index contributed by atoms with van der Waals surface area (Å²) in [4.78, 5) is 12.2. The molecule has 8 nitrogen and oxygen atoms in total. The zero-order valence-corrected chi connectivity index (χ0v) is 22.9. The molecule has 0 saturated heterocycles. The first kappa shape index (κ1) is 26.8. The highest BCUT2D eigenvalue weighted by molar-refractivity contribution is 7.86. The molecule has 10 heteroatoms. The van der Waals surface area contributed by atoms with Crippen LogP contribution in [0.2, 0.25) is 5.02 Å². The molecule has 0 radical (unpaired) electrons. The van der Waals surface area contributed by atoms with Gasteiger partial charge in [-0.15, -0.1) is 0 Å². The number of likely N-dealkylation sites (N-methyl/N-ethyl adjacent to an activating group) is 1. The van der Waals surface area contributed by atoms with Crippen LogP contribution in [0.1, 0.15) is 18.5 Å². The van der Waals surface area contributed by atoms with Crippen LogP contribution in [0.25, 0.3) is 11.0 Å². The van der Waals surface area contributed by atoms with Gasteiger partial charge in [0, 0.05) is 25.2 Å². The van der Waals surface area contributed by atoms with E-state index in [0.717, 1.165) is 18.7 Å². The second-order valence-corrected chi connectivity index (χ2v) is 10.4. The first-order valence-corrected chi connectivity index (χ1v) is 13.4. The molecular formula is C27H31ClN6O2S. The number of nitrogens with one attached hydrogen (secondary N) is 3. The molecule has 2 unspecified atom stereocenters. The van der Waals surface area contributed by atoms with Crippen molar-refractivity contribution in [3.63, 3.8) is 0 Å². The quantitative estimate of drug-likeness (QED) is 0.236. The zero-order chi connectivity index (χ0) is 26.4. The molecule has 1 heterocycles. The summed E-state index contributed by atoms with van der Waals surface area (Å²) in [5.41, 5.74) is 3.02. The molecule has 0 aliphatic rings. The fourth-order valence-electron chi connectivity index (χ4n) is 3.68. The van der Waals surface area contributed by atoms with Crippen molar-refractivity contribution in [2.75, 3.05) is 44.3 Å². The SMILES string of the molecule is COc1ccc(Cl)c(Nc2nc3ccccc3nc2NS(=O)c2cccc(C(C)NCCN(C)C)c2)c1. The van der Waals surface area contributed by atoms with Crippen molar-refractivity contribution in [3.05, 3.63) is 77.3 Å². The number of anilines is 3. The topological polar surface area (TPSA) is 91.4 Å². The van der Waals surface area contributed by atoms with E-state index in [1.807, 2.05) is 62.6 Å². The number of aromatic nitrogens is 2. The Morgan fingerprint density at radius 2 is 1.73 bits per heavy atom. The van der Waals surface area contributed by atoms with E-state index in [1.54, 1.807) is 25.3 Å². The number of rotatable bonds is 11. The van der Waals surface area contributed by atoms with Gasteiger partial charge in [-0.05, 0) is 63.0 Å². The molecule has 0 saturated carbocycles. The molecule has 194 valence electrons. The Labute approximate surface area is 225 Å². The highest BCUT2D eigenvalue weighted by Crippen LogP contribution is 2.32. The number of fused-ring (bicyclic) bond motifs is 1. The van der Waals surface area contributed by atoms with Gasteiger partial charge in [-0.1, -0.05) is 35.9 Å². The molecule has 4 aromatic rings. The molecule has 4 rings (SSSR count). The molecule has 0 fully saturated rings. The largest absolute Gasteiger partial charge is 0.497 e. The summed E-state index contributed by atoms with van der Waals surface area (Å²) in [5.74, 6) is 1.39. The fourth-order valence-corrected chi connectivity index (χ4v) is 4.73. The van der Waals surface area contributed by atoms with Crippen LogP contribution in [0.5, 0.6) is 5.75 Å². The Morgan fingerprint density at radius 3 is 2.43 bits per heavy atom.